The summed E-state index contributed by atoms with van der Waals surface area (Å²) in [5.74, 6) is -1.04. The van der Waals surface area contributed by atoms with E-state index in [1.807, 2.05) is 6.07 Å². The lowest BCUT2D eigenvalue weighted by molar-refractivity contribution is -0.135. The van der Waals surface area contributed by atoms with Crippen LogP contribution in [0, 0.1) is 5.41 Å². The van der Waals surface area contributed by atoms with Crippen LogP contribution in [-0.4, -0.2) is 27.0 Å². The molecule has 0 spiro atoms. The summed E-state index contributed by atoms with van der Waals surface area (Å²) >= 11 is 0. The number of carbonyl (C=O) groups is 3. The molecule has 6 nitrogen and oxygen atoms in total. The van der Waals surface area contributed by atoms with Gasteiger partial charge in [-0.25, -0.2) is 4.98 Å². The average Bonchev–Trinajstić information content (AvgIpc) is 2.96. The van der Waals surface area contributed by atoms with Gasteiger partial charge in [-0.15, -0.1) is 0 Å². The highest BCUT2D eigenvalue weighted by Gasteiger charge is 2.35. The molecule has 24 heavy (non-hydrogen) atoms. The molecule has 1 aromatic heterocycles. The van der Waals surface area contributed by atoms with Crippen molar-refractivity contribution in [2.45, 2.75) is 33.7 Å². The van der Waals surface area contributed by atoms with E-state index in [4.69, 9.17) is 0 Å². The van der Waals surface area contributed by atoms with Crippen molar-refractivity contribution in [2.24, 2.45) is 5.41 Å². The number of para-hydroxylation sites is 1. The van der Waals surface area contributed by atoms with E-state index in [0.717, 1.165) is 0 Å². The number of hydrogen-bond acceptors (Lipinski definition) is 4. The summed E-state index contributed by atoms with van der Waals surface area (Å²) < 4.78 is 1.34. The van der Waals surface area contributed by atoms with Crippen LogP contribution in [0.25, 0.3) is 0 Å². The molecule has 0 saturated carbocycles. The summed E-state index contributed by atoms with van der Waals surface area (Å²) in [5, 5.41) is 2.71. The quantitative estimate of drug-likeness (QED) is 0.856. The van der Waals surface area contributed by atoms with Gasteiger partial charge >= 0.3 is 0 Å². The van der Waals surface area contributed by atoms with Gasteiger partial charge in [0.15, 0.2) is 23.4 Å². The summed E-state index contributed by atoms with van der Waals surface area (Å²) in [6.45, 7) is 6.57. The topological polar surface area (TPSA) is 81.1 Å². The zero-order chi connectivity index (χ0) is 17.9. The number of Topliss-reactive ketones (excluding diaryl/α,β-unsaturated/α-hetero) is 2. The first-order valence-corrected chi connectivity index (χ1v) is 7.66. The predicted octanol–water partition coefficient (Wildman–Crippen LogP) is 2.88. The number of benzene rings is 1. The van der Waals surface area contributed by atoms with Gasteiger partial charge in [-0.05, 0) is 19.1 Å². The zero-order valence-electron chi connectivity index (χ0n) is 14.2. The monoisotopic (exact) mass is 327 g/mol. The van der Waals surface area contributed by atoms with Crippen LogP contribution in [0.5, 0.6) is 0 Å². The maximum atomic E-state index is 12.6. The molecule has 1 atom stereocenters. The maximum absolute atomic E-state index is 12.6. The van der Waals surface area contributed by atoms with Gasteiger partial charge in [0.25, 0.3) is 5.91 Å². The number of carbonyl (C=O) groups excluding carboxylic acids is 3. The second-order valence-corrected chi connectivity index (χ2v) is 6.61. The smallest absolute Gasteiger partial charge is 0.291 e. The lowest BCUT2D eigenvalue weighted by Gasteiger charge is -2.24. The fourth-order valence-electron chi connectivity index (χ4n) is 2.32. The Hall–Kier alpha value is -2.76. The van der Waals surface area contributed by atoms with Crippen LogP contribution in [0.1, 0.15) is 44.4 Å². The van der Waals surface area contributed by atoms with Gasteiger partial charge < -0.3 is 9.88 Å². The molecule has 1 N–H and O–H groups in total. The van der Waals surface area contributed by atoms with Crippen LogP contribution in [0.4, 0.5) is 5.69 Å². The molecule has 1 unspecified atom stereocenters. The predicted molar refractivity (Wildman–Crippen MR) is 90.8 cm³/mol. The molecule has 0 saturated heterocycles. The Morgan fingerprint density at radius 3 is 2.29 bits per heavy atom. The maximum Gasteiger partial charge on any atom is 0.291 e. The number of aromatic nitrogens is 2. The Kier molecular flexibility index (Phi) is 4.97. The molecule has 2 aromatic rings. The zero-order valence-corrected chi connectivity index (χ0v) is 14.2. The number of rotatable bonds is 5. The molecule has 0 radical (unpaired) electrons. The first-order chi connectivity index (χ1) is 11.2. The summed E-state index contributed by atoms with van der Waals surface area (Å²) in [5.41, 5.74) is -0.105. The minimum atomic E-state index is -1.07. The van der Waals surface area contributed by atoms with Crippen molar-refractivity contribution in [3.8, 4) is 0 Å². The molecule has 2 rings (SSSR count). The largest absolute Gasteiger partial charge is 0.319 e. The molecule has 0 aliphatic heterocycles. The molecule has 0 bridgehead atoms. The standard InChI is InChI=1S/C18H21N3O3/c1-12(22)14(15(23)18(2,3)4)21-11-10-19-16(21)17(24)20-13-8-6-5-7-9-13/h5-11,14H,1-4H3,(H,20,24). The summed E-state index contributed by atoms with van der Waals surface area (Å²) in [6.07, 6.45) is 2.89. The number of nitrogens with one attached hydrogen (secondary N) is 1. The Bertz CT molecular complexity index is 757. The van der Waals surface area contributed by atoms with E-state index in [-0.39, 0.29) is 17.4 Å². The van der Waals surface area contributed by atoms with E-state index >= 15 is 0 Å². The number of imidazole rings is 1. The first-order valence-electron chi connectivity index (χ1n) is 7.66. The molecular formula is C18H21N3O3. The van der Waals surface area contributed by atoms with E-state index in [2.05, 4.69) is 10.3 Å². The van der Waals surface area contributed by atoms with Crippen LogP contribution in [0.3, 0.4) is 0 Å². The molecule has 0 fully saturated rings. The Labute approximate surface area is 140 Å². The Morgan fingerprint density at radius 1 is 1.12 bits per heavy atom. The highest BCUT2D eigenvalue weighted by molar-refractivity contribution is 6.07. The lowest BCUT2D eigenvalue weighted by atomic mass is 9.85. The third-order valence-corrected chi connectivity index (χ3v) is 3.55. The minimum absolute atomic E-state index is 0.0247. The molecule has 0 aliphatic rings. The summed E-state index contributed by atoms with van der Waals surface area (Å²) in [7, 11) is 0. The SMILES string of the molecule is CC(=O)C(C(=O)C(C)(C)C)n1ccnc1C(=O)Nc1ccccc1. The van der Waals surface area contributed by atoms with Gasteiger partial charge in [0.2, 0.25) is 0 Å². The van der Waals surface area contributed by atoms with Crippen molar-refractivity contribution in [3.63, 3.8) is 0 Å². The van der Waals surface area contributed by atoms with Crippen LogP contribution >= 0.6 is 0 Å². The normalized spacial score (nSPS) is 12.5. The molecule has 126 valence electrons. The number of hydrogen-bond donors (Lipinski definition) is 1. The number of anilines is 1. The van der Waals surface area contributed by atoms with Gasteiger partial charge in [-0.3, -0.25) is 14.4 Å². The Balaban J connectivity index is 2.35. The van der Waals surface area contributed by atoms with E-state index in [1.165, 1.54) is 23.9 Å². The van der Waals surface area contributed by atoms with E-state index in [9.17, 15) is 14.4 Å². The second kappa shape index (κ2) is 6.78. The van der Waals surface area contributed by atoms with Crippen LogP contribution in [0.2, 0.25) is 0 Å². The molecule has 1 aromatic carbocycles. The van der Waals surface area contributed by atoms with Gasteiger partial charge in [0, 0.05) is 23.5 Å². The van der Waals surface area contributed by atoms with Crippen molar-refractivity contribution in [2.75, 3.05) is 5.32 Å². The third kappa shape index (κ3) is 3.76. The number of ketones is 2. The molecule has 0 aliphatic carbocycles. The van der Waals surface area contributed by atoms with Crippen LogP contribution < -0.4 is 5.32 Å². The highest BCUT2D eigenvalue weighted by atomic mass is 16.2. The van der Waals surface area contributed by atoms with Crippen molar-refractivity contribution in [3.05, 3.63) is 48.5 Å². The fourth-order valence-corrected chi connectivity index (χ4v) is 2.32. The van der Waals surface area contributed by atoms with Crippen molar-refractivity contribution in [1.29, 1.82) is 0 Å². The molecule has 1 amide bonds. The average molecular weight is 327 g/mol. The highest BCUT2D eigenvalue weighted by Crippen LogP contribution is 2.25. The molecular weight excluding hydrogens is 306 g/mol. The van der Waals surface area contributed by atoms with Crippen molar-refractivity contribution in [1.82, 2.24) is 9.55 Å². The van der Waals surface area contributed by atoms with Crippen LogP contribution in [-0.2, 0) is 9.59 Å². The van der Waals surface area contributed by atoms with Gasteiger partial charge in [0.05, 0.1) is 0 Å². The van der Waals surface area contributed by atoms with E-state index in [0.29, 0.717) is 5.69 Å². The van der Waals surface area contributed by atoms with Gasteiger partial charge in [0.1, 0.15) is 0 Å². The number of amides is 1. The fraction of sp³-hybridized carbons (Fsp3) is 0.333. The molecule has 1 heterocycles. The summed E-state index contributed by atoms with van der Waals surface area (Å²) in [6, 6.07) is 7.85. The minimum Gasteiger partial charge on any atom is -0.319 e. The first kappa shape index (κ1) is 17.6. The van der Waals surface area contributed by atoms with E-state index < -0.39 is 17.4 Å². The lowest BCUT2D eigenvalue weighted by Crippen LogP contribution is -2.36. The van der Waals surface area contributed by atoms with Gasteiger partial charge in [-0.1, -0.05) is 39.0 Å². The second-order valence-electron chi connectivity index (χ2n) is 6.61. The number of nitrogens with zero attached hydrogens (tertiary/aromatic N) is 2. The summed E-state index contributed by atoms with van der Waals surface area (Å²) in [4.78, 5) is 41.2. The van der Waals surface area contributed by atoms with E-state index in [1.54, 1.807) is 45.0 Å². The van der Waals surface area contributed by atoms with Gasteiger partial charge in [-0.2, -0.15) is 0 Å². The van der Waals surface area contributed by atoms with Crippen molar-refractivity contribution < 1.29 is 14.4 Å². The third-order valence-electron chi connectivity index (χ3n) is 3.55. The van der Waals surface area contributed by atoms with Crippen LogP contribution in [0.15, 0.2) is 42.7 Å². The van der Waals surface area contributed by atoms with Crippen molar-refractivity contribution >= 4 is 23.2 Å². The Morgan fingerprint density at radius 2 is 1.75 bits per heavy atom. The molecule has 6 heteroatoms.